The number of rotatable bonds is 8. The molecule has 0 unspecified atom stereocenters. The van der Waals surface area contributed by atoms with E-state index in [9.17, 15) is 4.79 Å². The molecule has 0 aromatic rings. The molecule has 0 aliphatic rings. The van der Waals surface area contributed by atoms with Crippen molar-refractivity contribution in [2.75, 3.05) is 19.7 Å². The van der Waals surface area contributed by atoms with Gasteiger partial charge in [0.1, 0.15) is 0 Å². The summed E-state index contributed by atoms with van der Waals surface area (Å²) in [6.45, 7) is 8.63. The van der Waals surface area contributed by atoms with Crippen LogP contribution in [0.25, 0.3) is 0 Å². The monoisotopic (exact) mass is 201 g/mol. The maximum Gasteiger partial charge on any atom is 0.307 e. The van der Waals surface area contributed by atoms with E-state index < -0.39 is 0 Å². The fourth-order valence-corrected chi connectivity index (χ4v) is 0.984. The van der Waals surface area contributed by atoms with Crippen molar-refractivity contribution in [2.24, 2.45) is 5.92 Å². The molecule has 0 aromatic carbocycles. The second-order valence-electron chi connectivity index (χ2n) is 3.92. The fourth-order valence-electron chi connectivity index (χ4n) is 0.984. The molecule has 0 spiro atoms. The molecule has 0 atom stereocenters. The number of ether oxygens (including phenoxy) is 1. The molecule has 0 rings (SSSR count). The lowest BCUT2D eigenvalue weighted by Gasteiger charge is -2.07. The van der Waals surface area contributed by atoms with Crippen LogP contribution in [0.15, 0.2) is 0 Å². The topological polar surface area (TPSA) is 38.3 Å². The van der Waals surface area contributed by atoms with Gasteiger partial charge in [0.15, 0.2) is 0 Å². The predicted octanol–water partition coefficient (Wildman–Crippen LogP) is 1.97. The second kappa shape index (κ2) is 9.00. The number of nitrogens with one attached hydrogen (secondary N) is 1. The zero-order chi connectivity index (χ0) is 10.8. The molecule has 0 radical (unpaired) electrons. The molecular formula is C11H23NO2. The highest BCUT2D eigenvalue weighted by Gasteiger charge is 2.01. The van der Waals surface area contributed by atoms with Gasteiger partial charge < -0.3 is 10.1 Å². The summed E-state index contributed by atoms with van der Waals surface area (Å²) in [5.74, 6) is 0.542. The van der Waals surface area contributed by atoms with E-state index in [1.165, 1.54) is 0 Å². The molecule has 84 valence electrons. The van der Waals surface area contributed by atoms with Gasteiger partial charge in [-0.15, -0.1) is 0 Å². The minimum atomic E-state index is -0.0882. The molecule has 1 N–H and O–H groups in total. The predicted molar refractivity (Wildman–Crippen MR) is 58.2 cm³/mol. The van der Waals surface area contributed by atoms with Crippen LogP contribution in [0.1, 0.15) is 40.0 Å². The average Bonchev–Trinajstić information content (AvgIpc) is 2.13. The summed E-state index contributed by atoms with van der Waals surface area (Å²) in [5.41, 5.74) is 0. The van der Waals surface area contributed by atoms with Crippen molar-refractivity contribution in [3.05, 3.63) is 0 Å². The number of unbranched alkanes of at least 4 members (excludes halogenated alkanes) is 1. The summed E-state index contributed by atoms with van der Waals surface area (Å²) in [4.78, 5) is 11.1. The Kier molecular flexibility index (Phi) is 8.64. The van der Waals surface area contributed by atoms with E-state index in [2.05, 4.69) is 26.1 Å². The number of carbonyl (C=O) groups excluding carboxylic acids is 1. The Labute approximate surface area is 87.2 Å². The molecule has 0 saturated heterocycles. The molecule has 0 saturated carbocycles. The van der Waals surface area contributed by atoms with Gasteiger partial charge in [-0.3, -0.25) is 4.79 Å². The largest absolute Gasteiger partial charge is 0.466 e. The third-order valence-electron chi connectivity index (χ3n) is 1.82. The lowest BCUT2D eigenvalue weighted by molar-refractivity contribution is -0.143. The van der Waals surface area contributed by atoms with E-state index in [1.54, 1.807) is 0 Å². The standard InChI is InChI=1S/C11H23NO2/c1-4-5-8-14-11(13)6-7-12-9-10(2)3/h10,12H,4-9H2,1-3H3. The third-order valence-corrected chi connectivity index (χ3v) is 1.82. The van der Waals surface area contributed by atoms with Crippen molar-refractivity contribution in [3.63, 3.8) is 0 Å². The fraction of sp³-hybridized carbons (Fsp3) is 0.909. The van der Waals surface area contributed by atoms with Crippen LogP contribution in [0.2, 0.25) is 0 Å². The summed E-state index contributed by atoms with van der Waals surface area (Å²) in [7, 11) is 0. The van der Waals surface area contributed by atoms with Crippen molar-refractivity contribution < 1.29 is 9.53 Å². The molecular weight excluding hydrogens is 178 g/mol. The normalized spacial score (nSPS) is 10.6. The maximum atomic E-state index is 11.1. The Morgan fingerprint density at radius 2 is 2.14 bits per heavy atom. The van der Waals surface area contributed by atoms with Crippen LogP contribution in [-0.4, -0.2) is 25.7 Å². The molecule has 14 heavy (non-hydrogen) atoms. The Hall–Kier alpha value is -0.570. The Balaban J connectivity index is 3.18. The number of carbonyl (C=O) groups is 1. The highest BCUT2D eigenvalue weighted by molar-refractivity contribution is 5.69. The molecule has 0 aromatic heterocycles. The summed E-state index contributed by atoms with van der Waals surface area (Å²) >= 11 is 0. The quantitative estimate of drug-likeness (QED) is 0.482. The van der Waals surface area contributed by atoms with Gasteiger partial charge in [0.05, 0.1) is 13.0 Å². The van der Waals surface area contributed by atoms with Crippen LogP contribution in [0.3, 0.4) is 0 Å². The van der Waals surface area contributed by atoms with E-state index in [-0.39, 0.29) is 5.97 Å². The molecule has 0 bridgehead atoms. The summed E-state index contributed by atoms with van der Waals surface area (Å²) in [5, 5.41) is 3.21. The Morgan fingerprint density at radius 3 is 2.71 bits per heavy atom. The van der Waals surface area contributed by atoms with Gasteiger partial charge in [0, 0.05) is 6.54 Å². The molecule has 0 aliphatic carbocycles. The molecule has 0 heterocycles. The first-order valence-corrected chi connectivity index (χ1v) is 5.53. The van der Waals surface area contributed by atoms with Gasteiger partial charge in [-0.2, -0.15) is 0 Å². The van der Waals surface area contributed by atoms with Crippen LogP contribution in [0.4, 0.5) is 0 Å². The van der Waals surface area contributed by atoms with E-state index >= 15 is 0 Å². The number of hydrogen-bond acceptors (Lipinski definition) is 3. The molecule has 0 fully saturated rings. The first-order valence-electron chi connectivity index (χ1n) is 5.53. The Bertz CT molecular complexity index is 146. The third kappa shape index (κ3) is 9.52. The van der Waals surface area contributed by atoms with Gasteiger partial charge in [0.2, 0.25) is 0 Å². The van der Waals surface area contributed by atoms with Crippen LogP contribution in [-0.2, 0) is 9.53 Å². The average molecular weight is 201 g/mol. The van der Waals surface area contributed by atoms with Crippen molar-refractivity contribution >= 4 is 5.97 Å². The number of esters is 1. The highest BCUT2D eigenvalue weighted by atomic mass is 16.5. The second-order valence-corrected chi connectivity index (χ2v) is 3.92. The van der Waals surface area contributed by atoms with Crippen LogP contribution in [0.5, 0.6) is 0 Å². The smallest absolute Gasteiger partial charge is 0.307 e. The van der Waals surface area contributed by atoms with E-state index in [0.717, 1.165) is 25.9 Å². The van der Waals surface area contributed by atoms with Gasteiger partial charge >= 0.3 is 5.97 Å². The minimum Gasteiger partial charge on any atom is -0.466 e. The summed E-state index contributed by atoms with van der Waals surface area (Å²) in [6, 6.07) is 0. The molecule has 3 nitrogen and oxygen atoms in total. The maximum absolute atomic E-state index is 11.1. The lowest BCUT2D eigenvalue weighted by atomic mass is 10.2. The van der Waals surface area contributed by atoms with Crippen LogP contribution in [0, 0.1) is 5.92 Å². The molecule has 0 amide bonds. The summed E-state index contributed by atoms with van der Waals surface area (Å²) in [6.07, 6.45) is 2.51. The van der Waals surface area contributed by atoms with Gasteiger partial charge in [-0.05, 0) is 18.9 Å². The first-order chi connectivity index (χ1) is 6.66. The highest BCUT2D eigenvalue weighted by Crippen LogP contribution is 1.92. The molecule has 0 aliphatic heterocycles. The SMILES string of the molecule is CCCCOC(=O)CCNCC(C)C. The Morgan fingerprint density at radius 1 is 1.43 bits per heavy atom. The van der Waals surface area contributed by atoms with Gasteiger partial charge in [0.25, 0.3) is 0 Å². The van der Waals surface area contributed by atoms with Crippen LogP contribution >= 0.6 is 0 Å². The summed E-state index contributed by atoms with van der Waals surface area (Å²) < 4.78 is 5.01. The van der Waals surface area contributed by atoms with Crippen molar-refractivity contribution in [1.82, 2.24) is 5.32 Å². The first kappa shape index (κ1) is 13.4. The van der Waals surface area contributed by atoms with Gasteiger partial charge in [-0.1, -0.05) is 27.2 Å². The van der Waals surface area contributed by atoms with E-state index in [1.807, 2.05) is 0 Å². The zero-order valence-corrected chi connectivity index (χ0v) is 9.64. The molecule has 3 heteroatoms. The van der Waals surface area contributed by atoms with Gasteiger partial charge in [-0.25, -0.2) is 0 Å². The van der Waals surface area contributed by atoms with E-state index in [4.69, 9.17) is 4.74 Å². The number of hydrogen-bond donors (Lipinski definition) is 1. The van der Waals surface area contributed by atoms with Crippen molar-refractivity contribution in [2.45, 2.75) is 40.0 Å². The lowest BCUT2D eigenvalue weighted by Crippen LogP contribution is -2.23. The van der Waals surface area contributed by atoms with E-state index in [0.29, 0.717) is 18.9 Å². The van der Waals surface area contributed by atoms with Crippen molar-refractivity contribution in [3.8, 4) is 0 Å². The zero-order valence-electron chi connectivity index (χ0n) is 9.64. The minimum absolute atomic E-state index is 0.0882. The van der Waals surface area contributed by atoms with Crippen LogP contribution < -0.4 is 5.32 Å². The van der Waals surface area contributed by atoms with Crippen molar-refractivity contribution in [1.29, 1.82) is 0 Å².